The molecule has 8 heteroatoms. The molecule has 0 fully saturated rings. The van der Waals surface area contributed by atoms with Gasteiger partial charge >= 0.3 is 0 Å². The summed E-state index contributed by atoms with van der Waals surface area (Å²) >= 11 is 5.19. The zero-order valence-electron chi connectivity index (χ0n) is 16.3. The van der Waals surface area contributed by atoms with Crippen LogP contribution in [-0.2, 0) is 17.8 Å². The number of hydrogen-bond acceptors (Lipinski definition) is 5. The van der Waals surface area contributed by atoms with Gasteiger partial charge in [-0.25, -0.2) is 0 Å². The molecular weight excluding hydrogens is 402 g/mol. The van der Waals surface area contributed by atoms with Crippen LogP contribution in [0.25, 0.3) is 0 Å². The van der Waals surface area contributed by atoms with Crippen LogP contribution in [0.3, 0.4) is 0 Å². The van der Waals surface area contributed by atoms with Crippen LogP contribution in [0.2, 0.25) is 0 Å². The SMILES string of the molecule is COc1ccc(CC(=O)NC(=S)Nc2ccc(C(=O)NCc3ccco3)cc2)cc1. The summed E-state index contributed by atoms with van der Waals surface area (Å²) < 4.78 is 10.3. The highest BCUT2D eigenvalue weighted by Gasteiger charge is 2.09. The molecule has 0 saturated carbocycles. The van der Waals surface area contributed by atoms with E-state index in [0.717, 1.165) is 11.3 Å². The van der Waals surface area contributed by atoms with Gasteiger partial charge in [0, 0.05) is 11.3 Å². The van der Waals surface area contributed by atoms with Crippen molar-refractivity contribution in [1.82, 2.24) is 10.6 Å². The van der Waals surface area contributed by atoms with Crippen molar-refractivity contribution in [3.63, 3.8) is 0 Å². The zero-order valence-corrected chi connectivity index (χ0v) is 17.1. The molecule has 0 aliphatic heterocycles. The molecule has 3 rings (SSSR count). The Morgan fingerprint density at radius 2 is 1.77 bits per heavy atom. The molecule has 154 valence electrons. The Morgan fingerprint density at radius 1 is 1.03 bits per heavy atom. The maximum atomic E-state index is 12.2. The van der Waals surface area contributed by atoms with E-state index in [-0.39, 0.29) is 23.3 Å². The van der Waals surface area contributed by atoms with Crippen molar-refractivity contribution >= 4 is 34.8 Å². The smallest absolute Gasteiger partial charge is 0.251 e. The summed E-state index contributed by atoms with van der Waals surface area (Å²) in [5.74, 6) is 0.965. The number of methoxy groups -OCH3 is 1. The van der Waals surface area contributed by atoms with Crippen LogP contribution in [0.15, 0.2) is 71.3 Å². The topological polar surface area (TPSA) is 92.6 Å². The first-order valence-corrected chi connectivity index (χ1v) is 9.59. The van der Waals surface area contributed by atoms with Crippen LogP contribution in [0.4, 0.5) is 5.69 Å². The summed E-state index contributed by atoms with van der Waals surface area (Å²) in [7, 11) is 1.59. The van der Waals surface area contributed by atoms with Crippen LogP contribution in [-0.4, -0.2) is 24.0 Å². The predicted octanol–water partition coefficient (Wildman–Crippen LogP) is 3.27. The molecule has 3 N–H and O–H groups in total. The Bertz CT molecular complexity index is 1000. The fourth-order valence-electron chi connectivity index (χ4n) is 2.65. The minimum atomic E-state index is -0.230. The number of carbonyl (C=O) groups is 2. The van der Waals surface area contributed by atoms with Crippen LogP contribution >= 0.6 is 12.2 Å². The molecule has 0 unspecified atom stereocenters. The average Bonchev–Trinajstić information content (AvgIpc) is 3.26. The fraction of sp³-hybridized carbons (Fsp3) is 0.136. The lowest BCUT2D eigenvalue weighted by Gasteiger charge is -2.10. The van der Waals surface area contributed by atoms with E-state index in [9.17, 15) is 9.59 Å². The summed E-state index contributed by atoms with van der Waals surface area (Å²) in [6, 6.07) is 17.6. The average molecular weight is 423 g/mol. The lowest BCUT2D eigenvalue weighted by molar-refractivity contribution is -0.119. The summed E-state index contributed by atoms with van der Waals surface area (Å²) in [5.41, 5.74) is 2.01. The van der Waals surface area contributed by atoms with Gasteiger partial charge in [0.2, 0.25) is 5.91 Å². The molecular formula is C22H21N3O4S. The van der Waals surface area contributed by atoms with Crippen molar-refractivity contribution in [3.05, 3.63) is 83.8 Å². The van der Waals surface area contributed by atoms with E-state index >= 15 is 0 Å². The molecule has 2 aromatic carbocycles. The standard InChI is InChI=1S/C22H21N3O4S/c1-28-18-10-4-15(5-11-18)13-20(26)25-22(30)24-17-8-6-16(7-9-17)21(27)23-14-19-3-2-12-29-19/h2-12H,13-14H2,1H3,(H,23,27)(H2,24,25,26,30). The van der Waals surface area contributed by atoms with Crippen molar-refractivity contribution in [3.8, 4) is 5.75 Å². The lowest BCUT2D eigenvalue weighted by Crippen LogP contribution is -2.35. The van der Waals surface area contributed by atoms with E-state index in [0.29, 0.717) is 23.6 Å². The molecule has 2 amide bonds. The number of carbonyl (C=O) groups excluding carboxylic acids is 2. The highest BCUT2D eigenvalue weighted by Crippen LogP contribution is 2.12. The molecule has 3 aromatic rings. The number of furan rings is 1. The van der Waals surface area contributed by atoms with Crippen molar-refractivity contribution in [1.29, 1.82) is 0 Å². The van der Waals surface area contributed by atoms with E-state index < -0.39 is 0 Å². The van der Waals surface area contributed by atoms with Crippen molar-refractivity contribution in [2.24, 2.45) is 0 Å². The van der Waals surface area contributed by atoms with Gasteiger partial charge in [-0.1, -0.05) is 12.1 Å². The van der Waals surface area contributed by atoms with E-state index in [1.807, 2.05) is 12.1 Å². The number of rotatable bonds is 7. The second-order valence-electron chi connectivity index (χ2n) is 6.37. The zero-order chi connectivity index (χ0) is 21.3. The molecule has 7 nitrogen and oxygen atoms in total. The van der Waals surface area contributed by atoms with E-state index in [2.05, 4.69) is 16.0 Å². The Morgan fingerprint density at radius 3 is 2.40 bits per heavy atom. The molecule has 0 bridgehead atoms. The summed E-state index contributed by atoms with van der Waals surface area (Å²) in [6.07, 6.45) is 1.75. The highest BCUT2D eigenvalue weighted by atomic mass is 32.1. The molecule has 0 aliphatic carbocycles. The van der Waals surface area contributed by atoms with E-state index in [4.69, 9.17) is 21.4 Å². The normalized spacial score (nSPS) is 10.2. The van der Waals surface area contributed by atoms with Gasteiger partial charge < -0.3 is 25.1 Å². The van der Waals surface area contributed by atoms with E-state index in [1.54, 1.807) is 61.9 Å². The first-order valence-electron chi connectivity index (χ1n) is 9.18. The van der Waals surface area contributed by atoms with Gasteiger partial charge in [-0.05, 0) is 66.3 Å². The summed E-state index contributed by atoms with van der Waals surface area (Å²) in [5, 5.41) is 8.53. The van der Waals surface area contributed by atoms with Gasteiger partial charge in [0.25, 0.3) is 5.91 Å². The highest BCUT2D eigenvalue weighted by molar-refractivity contribution is 7.80. The van der Waals surface area contributed by atoms with Gasteiger partial charge in [0.1, 0.15) is 11.5 Å². The molecule has 30 heavy (non-hydrogen) atoms. The largest absolute Gasteiger partial charge is 0.497 e. The molecule has 0 atom stereocenters. The quantitative estimate of drug-likeness (QED) is 0.505. The first kappa shape index (κ1) is 21.1. The van der Waals surface area contributed by atoms with E-state index in [1.165, 1.54) is 0 Å². The van der Waals surface area contributed by atoms with Crippen LogP contribution in [0.1, 0.15) is 21.7 Å². The summed E-state index contributed by atoms with van der Waals surface area (Å²) in [4.78, 5) is 24.3. The van der Waals surface area contributed by atoms with Gasteiger partial charge in [-0.2, -0.15) is 0 Å². The van der Waals surface area contributed by atoms with Crippen molar-refractivity contribution in [2.45, 2.75) is 13.0 Å². The summed E-state index contributed by atoms with van der Waals surface area (Å²) in [6.45, 7) is 0.316. The monoisotopic (exact) mass is 423 g/mol. The number of hydrogen-bond donors (Lipinski definition) is 3. The third kappa shape index (κ3) is 6.18. The fourth-order valence-corrected chi connectivity index (χ4v) is 2.88. The Hall–Kier alpha value is -3.65. The number of amides is 2. The number of thiocarbonyl (C=S) groups is 1. The molecule has 0 radical (unpaired) electrons. The van der Waals surface area contributed by atoms with Crippen molar-refractivity contribution < 1.29 is 18.7 Å². The van der Waals surface area contributed by atoms with Crippen LogP contribution in [0, 0.1) is 0 Å². The van der Waals surface area contributed by atoms with Gasteiger partial charge in [0.05, 0.1) is 26.3 Å². The minimum absolute atomic E-state index is 0.184. The maximum absolute atomic E-state index is 12.2. The molecule has 1 aromatic heterocycles. The molecule has 0 saturated heterocycles. The number of nitrogens with one attached hydrogen (secondary N) is 3. The lowest BCUT2D eigenvalue weighted by atomic mass is 10.1. The molecule has 0 aliphatic rings. The van der Waals surface area contributed by atoms with Gasteiger partial charge in [0.15, 0.2) is 5.11 Å². The Balaban J connectivity index is 1.46. The third-order valence-electron chi connectivity index (χ3n) is 4.18. The Labute approximate surface area is 179 Å². The second-order valence-corrected chi connectivity index (χ2v) is 6.77. The number of benzene rings is 2. The van der Waals surface area contributed by atoms with Crippen LogP contribution in [0.5, 0.6) is 5.75 Å². The molecule has 1 heterocycles. The van der Waals surface area contributed by atoms with Gasteiger partial charge in [-0.3, -0.25) is 9.59 Å². The second kappa shape index (κ2) is 10.2. The number of ether oxygens (including phenoxy) is 1. The Kier molecular flexibility index (Phi) is 7.18. The predicted molar refractivity (Wildman–Crippen MR) is 117 cm³/mol. The third-order valence-corrected chi connectivity index (χ3v) is 4.39. The number of anilines is 1. The molecule has 0 spiro atoms. The first-order chi connectivity index (χ1) is 14.5. The van der Waals surface area contributed by atoms with Gasteiger partial charge in [-0.15, -0.1) is 0 Å². The van der Waals surface area contributed by atoms with Crippen LogP contribution < -0.4 is 20.7 Å². The van der Waals surface area contributed by atoms with Crippen molar-refractivity contribution in [2.75, 3.05) is 12.4 Å². The maximum Gasteiger partial charge on any atom is 0.251 e. The minimum Gasteiger partial charge on any atom is -0.497 e.